The van der Waals surface area contributed by atoms with Crippen LogP contribution < -0.4 is 0 Å². The van der Waals surface area contributed by atoms with Gasteiger partial charge >= 0.3 is 0 Å². The predicted octanol–water partition coefficient (Wildman–Crippen LogP) is 1.19. The fraction of sp³-hybridized carbons (Fsp3) is 0.500. The number of hydrogen-bond acceptors (Lipinski definition) is 1. The Morgan fingerprint density at radius 1 is 1.57 bits per heavy atom. The lowest BCUT2D eigenvalue weighted by Gasteiger charge is -1.83. The minimum absolute atomic E-state index is 0.404. The predicted molar refractivity (Wildman–Crippen MR) is 28.6 cm³/mol. The second kappa shape index (κ2) is 3.42. The van der Waals surface area contributed by atoms with Gasteiger partial charge in [-0.3, -0.25) is 0 Å². The van der Waals surface area contributed by atoms with Gasteiger partial charge in [-0.15, -0.1) is 0 Å². The second-order valence-electron chi connectivity index (χ2n) is 1.66. The summed E-state index contributed by atoms with van der Waals surface area (Å²) in [6.45, 7) is 3.95. The minimum Gasteiger partial charge on any atom is -0.224 e. The molecule has 0 aromatic heterocycles. The van der Waals surface area contributed by atoms with Crippen molar-refractivity contribution in [2.75, 3.05) is 0 Å². The molecule has 0 aliphatic rings. The maximum atomic E-state index is 9.44. The van der Waals surface area contributed by atoms with Crippen molar-refractivity contribution < 1.29 is 4.79 Å². The van der Waals surface area contributed by atoms with Crippen LogP contribution in [0.15, 0.2) is 11.8 Å². The SMILES string of the molecule is CC(C)C=C=C=O. The van der Waals surface area contributed by atoms with E-state index in [1.54, 1.807) is 12.0 Å². The van der Waals surface area contributed by atoms with Crippen LogP contribution in [0.25, 0.3) is 0 Å². The van der Waals surface area contributed by atoms with Gasteiger partial charge in [0, 0.05) is 0 Å². The molecule has 0 saturated heterocycles. The van der Waals surface area contributed by atoms with Crippen LogP contribution in [-0.4, -0.2) is 5.94 Å². The number of rotatable bonds is 1. The van der Waals surface area contributed by atoms with Gasteiger partial charge in [0.2, 0.25) is 0 Å². The molecule has 0 amide bonds. The van der Waals surface area contributed by atoms with Crippen LogP contribution in [0.3, 0.4) is 0 Å². The summed E-state index contributed by atoms with van der Waals surface area (Å²) in [6.07, 6.45) is 1.67. The third-order valence-corrected chi connectivity index (χ3v) is 0.476. The normalized spacial score (nSPS) is 7.29. The van der Waals surface area contributed by atoms with Crippen molar-refractivity contribution in [2.45, 2.75) is 13.8 Å². The van der Waals surface area contributed by atoms with Crippen molar-refractivity contribution in [3.05, 3.63) is 11.8 Å². The summed E-state index contributed by atoms with van der Waals surface area (Å²) in [4.78, 5) is 9.44. The largest absolute Gasteiger partial charge is 0.224 e. The van der Waals surface area contributed by atoms with Gasteiger partial charge in [-0.05, 0) is 17.7 Å². The molecule has 0 spiro atoms. The van der Waals surface area contributed by atoms with E-state index in [0.717, 1.165) is 0 Å². The third-order valence-electron chi connectivity index (χ3n) is 0.476. The molecule has 0 saturated carbocycles. The maximum absolute atomic E-state index is 9.44. The fourth-order valence-corrected chi connectivity index (χ4v) is 0.201. The summed E-state index contributed by atoms with van der Waals surface area (Å²) >= 11 is 0. The molecule has 7 heavy (non-hydrogen) atoms. The second-order valence-corrected chi connectivity index (χ2v) is 1.66. The fourth-order valence-electron chi connectivity index (χ4n) is 0.201. The zero-order valence-corrected chi connectivity index (χ0v) is 4.56. The topological polar surface area (TPSA) is 17.1 Å². The highest BCUT2D eigenvalue weighted by Crippen LogP contribution is 1.88. The summed E-state index contributed by atoms with van der Waals surface area (Å²) in [5.74, 6) is 1.95. The van der Waals surface area contributed by atoms with E-state index in [1.807, 2.05) is 13.8 Å². The molecule has 0 N–H and O–H groups in total. The van der Waals surface area contributed by atoms with Gasteiger partial charge in [-0.25, -0.2) is 4.79 Å². The van der Waals surface area contributed by atoms with Gasteiger partial charge in [0.25, 0.3) is 0 Å². The summed E-state index contributed by atoms with van der Waals surface area (Å²) in [7, 11) is 0. The van der Waals surface area contributed by atoms with Crippen LogP contribution in [0.1, 0.15) is 13.8 Å². The Bertz CT molecular complexity index is 112. The standard InChI is InChI=1S/C6H8O/c1-6(2)4-3-5-7/h4,6H,1-2H3. The Hall–Kier alpha value is -0.770. The molecule has 38 valence electrons. The van der Waals surface area contributed by atoms with Gasteiger partial charge in [-0.2, -0.15) is 0 Å². The zero-order chi connectivity index (χ0) is 5.70. The van der Waals surface area contributed by atoms with Gasteiger partial charge < -0.3 is 0 Å². The minimum atomic E-state index is 0.404. The maximum Gasteiger partial charge on any atom is 0.176 e. The quantitative estimate of drug-likeness (QED) is 0.354. The first-order valence-electron chi connectivity index (χ1n) is 2.23. The van der Waals surface area contributed by atoms with Crippen LogP contribution >= 0.6 is 0 Å². The molecule has 0 radical (unpaired) electrons. The van der Waals surface area contributed by atoms with Crippen molar-refractivity contribution in [3.63, 3.8) is 0 Å². The van der Waals surface area contributed by atoms with E-state index in [0.29, 0.717) is 5.92 Å². The van der Waals surface area contributed by atoms with E-state index in [-0.39, 0.29) is 0 Å². The molecule has 0 heterocycles. The van der Waals surface area contributed by atoms with Crippen LogP contribution in [0, 0.1) is 5.92 Å². The Morgan fingerprint density at radius 2 is 2.14 bits per heavy atom. The third kappa shape index (κ3) is 5.23. The highest BCUT2D eigenvalue weighted by Gasteiger charge is 1.77. The molecule has 0 rings (SSSR count). The molecular weight excluding hydrogens is 88.1 g/mol. The summed E-state index contributed by atoms with van der Waals surface area (Å²) < 4.78 is 0. The molecule has 0 aliphatic heterocycles. The van der Waals surface area contributed by atoms with Crippen molar-refractivity contribution in [1.82, 2.24) is 0 Å². The number of hydrogen-bond donors (Lipinski definition) is 0. The molecule has 0 aromatic rings. The summed E-state index contributed by atoms with van der Waals surface area (Å²) in [5.41, 5.74) is 2.32. The molecular formula is C6H8O. The van der Waals surface area contributed by atoms with E-state index in [4.69, 9.17) is 0 Å². The molecule has 0 aliphatic carbocycles. The first kappa shape index (κ1) is 6.23. The molecule has 0 unspecified atom stereocenters. The Balaban J connectivity index is 3.69. The van der Waals surface area contributed by atoms with Gasteiger partial charge in [0.05, 0.1) is 0 Å². The molecule has 1 nitrogen and oxygen atoms in total. The van der Waals surface area contributed by atoms with Crippen molar-refractivity contribution in [3.8, 4) is 0 Å². The zero-order valence-electron chi connectivity index (χ0n) is 4.56. The lowest BCUT2D eigenvalue weighted by atomic mass is 10.2. The smallest absolute Gasteiger partial charge is 0.176 e. The number of allylic oxidation sites excluding steroid dienone is 1. The lowest BCUT2D eigenvalue weighted by molar-refractivity contribution is 0.569. The first-order valence-corrected chi connectivity index (χ1v) is 2.23. The summed E-state index contributed by atoms with van der Waals surface area (Å²) in [6, 6.07) is 0. The van der Waals surface area contributed by atoms with Crippen molar-refractivity contribution >= 4 is 5.94 Å². The van der Waals surface area contributed by atoms with E-state index in [1.165, 1.54) is 0 Å². The van der Waals surface area contributed by atoms with Crippen molar-refractivity contribution in [2.24, 2.45) is 5.92 Å². The van der Waals surface area contributed by atoms with E-state index in [2.05, 4.69) is 5.73 Å². The van der Waals surface area contributed by atoms with Crippen LogP contribution in [-0.2, 0) is 4.79 Å². The monoisotopic (exact) mass is 96.1 g/mol. The van der Waals surface area contributed by atoms with Gasteiger partial charge in [0.1, 0.15) is 0 Å². The highest BCUT2D eigenvalue weighted by atomic mass is 16.1. The molecule has 0 atom stereocenters. The van der Waals surface area contributed by atoms with E-state index < -0.39 is 0 Å². The first-order chi connectivity index (χ1) is 3.27. The Labute approximate surface area is 43.3 Å². The average Bonchev–Trinajstić information content (AvgIpc) is 1.61. The highest BCUT2D eigenvalue weighted by molar-refractivity contribution is 5.43. The van der Waals surface area contributed by atoms with E-state index >= 15 is 0 Å². The Kier molecular flexibility index (Phi) is 3.04. The van der Waals surface area contributed by atoms with Gasteiger partial charge in [-0.1, -0.05) is 13.8 Å². The number of carbonyl (C=O) groups excluding carboxylic acids is 1. The van der Waals surface area contributed by atoms with Crippen LogP contribution in [0.4, 0.5) is 0 Å². The van der Waals surface area contributed by atoms with Gasteiger partial charge in [0.15, 0.2) is 5.94 Å². The Morgan fingerprint density at radius 3 is 2.29 bits per heavy atom. The molecule has 0 aromatic carbocycles. The summed E-state index contributed by atoms with van der Waals surface area (Å²) in [5, 5.41) is 0. The molecule has 0 fully saturated rings. The lowest BCUT2D eigenvalue weighted by Crippen LogP contribution is -1.72. The van der Waals surface area contributed by atoms with E-state index in [9.17, 15) is 4.79 Å². The average molecular weight is 96.1 g/mol. The van der Waals surface area contributed by atoms with Crippen molar-refractivity contribution in [1.29, 1.82) is 0 Å². The van der Waals surface area contributed by atoms with Crippen LogP contribution in [0.2, 0.25) is 0 Å². The van der Waals surface area contributed by atoms with Crippen LogP contribution in [0.5, 0.6) is 0 Å². The molecule has 0 bridgehead atoms. The molecule has 1 heteroatoms.